The van der Waals surface area contributed by atoms with Gasteiger partial charge >= 0.3 is 0 Å². The highest BCUT2D eigenvalue weighted by Gasteiger charge is 2.45. The van der Waals surface area contributed by atoms with Crippen LogP contribution in [-0.2, 0) is 19.4 Å². The summed E-state index contributed by atoms with van der Waals surface area (Å²) < 4.78 is 38.8. The van der Waals surface area contributed by atoms with E-state index in [0.717, 1.165) is 0 Å². The van der Waals surface area contributed by atoms with Crippen LogP contribution in [0, 0.1) is 0 Å². The summed E-state index contributed by atoms with van der Waals surface area (Å²) in [5, 5.41) is 2.86. The van der Waals surface area contributed by atoms with Crippen molar-refractivity contribution >= 4 is 22.0 Å². The maximum atomic E-state index is 13.0. The minimum absolute atomic E-state index is 0.117. The molecule has 1 fully saturated rings. The summed E-state index contributed by atoms with van der Waals surface area (Å²) in [6.45, 7) is 0.573. The van der Waals surface area contributed by atoms with Gasteiger partial charge in [-0.05, 0) is 24.3 Å². The van der Waals surface area contributed by atoms with Crippen molar-refractivity contribution in [2.45, 2.75) is 29.8 Å². The lowest BCUT2D eigenvalue weighted by molar-refractivity contribution is -0.120. The van der Waals surface area contributed by atoms with Crippen LogP contribution in [0.2, 0.25) is 0 Å². The molecule has 2 aromatic carbocycles. The molecular formula is C20H22N2O5S. The Balaban J connectivity index is 1.54. The van der Waals surface area contributed by atoms with Gasteiger partial charge in [0.05, 0.1) is 19.2 Å². The van der Waals surface area contributed by atoms with Crippen LogP contribution in [0.4, 0.5) is 5.69 Å². The first-order chi connectivity index (χ1) is 13.4. The van der Waals surface area contributed by atoms with E-state index < -0.39 is 16.0 Å². The van der Waals surface area contributed by atoms with Crippen LogP contribution in [0.15, 0.2) is 53.4 Å². The number of nitrogens with one attached hydrogen (secondary N) is 1. The second-order valence-electron chi connectivity index (χ2n) is 7.09. The molecule has 2 heterocycles. The zero-order chi connectivity index (χ0) is 19.8. The Hall–Kier alpha value is -2.42. The molecule has 0 aliphatic carbocycles. The van der Waals surface area contributed by atoms with E-state index in [-0.39, 0.29) is 30.3 Å². The number of fused-ring (bicyclic) bond motifs is 1. The summed E-state index contributed by atoms with van der Waals surface area (Å²) in [6.07, 6.45) is 1.09. The number of nitrogens with zero attached hydrogens (tertiary/aromatic N) is 1. The number of methoxy groups -OCH3 is 1. The third-order valence-electron chi connectivity index (χ3n) is 5.28. The van der Waals surface area contributed by atoms with Crippen LogP contribution in [0.25, 0.3) is 0 Å². The van der Waals surface area contributed by atoms with Gasteiger partial charge < -0.3 is 19.3 Å². The molecule has 0 radical (unpaired) electrons. The number of piperidine rings is 1. The molecule has 4 rings (SSSR count). The fourth-order valence-electron chi connectivity index (χ4n) is 3.74. The molecule has 0 aromatic heterocycles. The molecule has 2 aliphatic rings. The molecule has 1 atom stereocenters. The van der Waals surface area contributed by atoms with Crippen LogP contribution < -0.4 is 14.8 Å². The number of para-hydroxylation sites is 2. The number of ether oxygens (including phenoxy) is 2. The van der Waals surface area contributed by atoms with Crippen molar-refractivity contribution in [1.29, 1.82) is 0 Å². The predicted octanol–water partition coefficient (Wildman–Crippen LogP) is 2.85. The van der Waals surface area contributed by atoms with E-state index in [0.29, 0.717) is 30.0 Å². The molecule has 7 nitrogen and oxygen atoms in total. The van der Waals surface area contributed by atoms with Crippen LogP contribution in [-0.4, -0.2) is 40.6 Å². The highest BCUT2D eigenvalue weighted by atomic mass is 32.3. The van der Waals surface area contributed by atoms with E-state index in [1.54, 1.807) is 24.3 Å². The Kier molecular flexibility index (Phi) is 4.86. The van der Waals surface area contributed by atoms with Crippen LogP contribution in [0.3, 0.4) is 0 Å². The molecule has 8 heteroatoms. The number of hydrogen-bond acceptors (Lipinski definition) is 5. The first-order valence-electron chi connectivity index (χ1n) is 9.14. The number of carbonyl (C=O) groups is 1. The molecule has 0 bridgehead atoms. The predicted molar refractivity (Wildman–Crippen MR) is 104 cm³/mol. The Morgan fingerprint density at radius 3 is 2.68 bits per heavy atom. The lowest BCUT2D eigenvalue weighted by Gasteiger charge is -2.40. The van der Waals surface area contributed by atoms with Crippen molar-refractivity contribution in [2.24, 2.45) is 0 Å². The van der Waals surface area contributed by atoms with E-state index in [2.05, 4.69) is 5.32 Å². The van der Waals surface area contributed by atoms with Crippen LogP contribution in [0.5, 0.6) is 11.5 Å². The normalized spacial score (nSPS) is 21.0. The summed E-state index contributed by atoms with van der Waals surface area (Å²) in [6, 6.07) is 13.8. The molecule has 1 amide bonds. The third kappa shape index (κ3) is 3.50. The first-order valence-corrected chi connectivity index (χ1v) is 10.6. The van der Waals surface area contributed by atoms with Gasteiger partial charge in [0.15, 0.2) is 15.3 Å². The van der Waals surface area contributed by atoms with Gasteiger partial charge in [-0.2, -0.15) is 0 Å². The summed E-state index contributed by atoms with van der Waals surface area (Å²) in [7, 11) is -2.13. The third-order valence-corrected chi connectivity index (χ3v) is 7.18. The van der Waals surface area contributed by atoms with E-state index in [4.69, 9.17) is 9.47 Å². The van der Waals surface area contributed by atoms with Crippen molar-refractivity contribution in [3.63, 3.8) is 0 Å². The Morgan fingerprint density at radius 2 is 1.93 bits per heavy atom. The van der Waals surface area contributed by atoms with E-state index >= 15 is 0 Å². The van der Waals surface area contributed by atoms with E-state index in [1.807, 2.05) is 18.2 Å². The number of hydrogen-bond donors (Lipinski definition) is 1. The SMILES string of the molecule is COc1cccc([S+](=O)([O-])N2CCC3(CC2)CC(=O)Nc2ccccc2O3)c1. The standard InChI is InChI=1S/C20H22N2O5S/c1-26-15-5-4-6-16(13-15)28(24,25)22-11-9-20(10-12-22)14-19(23)21-17-7-2-3-8-18(17)27-20/h2-8,13H,9-12,14H2,1H3,(H-,21,23,24,25). The van der Waals surface area contributed by atoms with Crippen molar-refractivity contribution in [2.75, 3.05) is 25.5 Å². The average Bonchev–Trinajstić information content (AvgIpc) is 2.83. The second-order valence-corrected chi connectivity index (χ2v) is 9.03. The molecule has 0 saturated carbocycles. The first kappa shape index (κ1) is 18.9. The van der Waals surface area contributed by atoms with Gasteiger partial charge in [0.25, 0.3) is 0 Å². The number of anilines is 1. The molecule has 1 unspecified atom stereocenters. The molecule has 28 heavy (non-hydrogen) atoms. The molecule has 1 saturated heterocycles. The van der Waals surface area contributed by atoms with Gasteiger partial charge in [-0.1, -0.05) is 22.4 Å². The number of sulfonamides is 1. The monoisotopic (exact) mass is 402 g/mol. The molecular weight excluding hydrogens is 380 g/mol. The van der Waals surface area contributed by atoms with Crippen molar-refractivity contribution in [3.8, 4) is 11.5 Å². The zero-order valence-corrected chi connectivity index (χ0v) is 16.4. The van der Waals surface area contributed by atoms with E-state index in [9.17, 15) is 13.6 Å². The van der Waals surface area contributed by atoms with Crippen molar-refractivity contribution in [3.05, 3.63) is 48.5 Å². The zero-order valence-electron chi connectivity index (χ0n) is 15.6. The summed E-state index contributed by atoms with van der Waals surface area (Å²) in [5.41, 5.74) is -0.0484. The summed E-state index contributed by atoms with van der Waals surface area (Å²) in [4.78, 5) is 12.6. The Bertz CT molecular complexity index is 940. The number of rotatable bonds is 3. The lowest BCUT2D eigenvalue weighted by Crippen LogP contribution is -2.52. The van der Waals surface area contributed by atoms with Gasteiger partial charge in [-0.15, -0.1) is 4.31 Å². The number of carbonyl (C=O) groups excluding carboxylic acids is 1. The molecule has 2 aliphatic heterocycles. The van der Waals surface area contributed by atoms with Crippen LogP contribution in [0.1, 0.15) is 19.3 Å². The minimum Gasteiger partial charge on any atom is -0.593 e. The molecule has 1 spiro atoms. The van der Waals surface area contributed by atoms with Gasteiger partial charge in [-0.3, -0.25) is 4.79 Å². The number of amides is 1. The fourth-order valence-corrected chi connectivity index (χ4v) is 5.22. The maximum Gasteiger partial charge on any atom is 0.228 e. The van der Waals surface area contributed by atoms with Gasteiger partial charge in [0.1, 0.15) is 17.1 Å². The fraction of sp³-hybridized carbons (Fsp3) is 0.350. The Labute approximate surface area is 165 Å². The van der Waals surface area contributed by atoms with E-state index in [1.165, 1.54) is 17.5 Å². The lowest BCUT2D eigenvalue weighted by atomic mass is 9.88. The molecule has 148 valence electrons. The van der Waals surface area contributed by atoms with Gasteiger partial charge in [-0.25, -0.2) is 0 Å². The summed E-state index contributed by atoms with van der Waals surface area (Å²) in [5.74, 6) is 1.00. The second kappa shape index (κ2) is 7.20. The minimum atomic E-state index is -3.64. The van der Waals surface area contributed by atoms with Crippen molar-refractivity contribution < 1.29 is 23.0 Å². The number of benzene rings is 2. The largest absolute Gasteiger partial charge is 0.593 e. The Morgan fingerprint density at radius 1 is 1.18 bits per heavy atom. The van der Waals surface area contributed by atoms with Crippen LogP contribution >= 0.6 is 0 Å². The van der Waals surface area contributed by atoms with Gasteiger partial charge in [0.2, 0.25) is 5.91 Å². The highest BCUT2D eigenvalue weighted by Crippen LogP contribution is 2.40. The highest BCUT2D eigenvalue weighted by molar-refractivity contribution is 7.95. The topological polar surface area (TPSA) is 90.9 Å². The van der Waals surface area contributed by atoms with Gasteiger partial charge in [0, 0.05) is 32.0 Å². The average molecular weight is 402 g/mol. The molecule has 2 aromatic rings. The maximum absolute atomic E-state index is 13.0. The summed E-state index contributed by atoms with van der Waals surface area (Å²) >= 11 is 0. The quantitative estimate of drug-likeness (QED) is 0.797. The smallest absolute Gasteiger partial charge is 0.228 e. The van der Waals surface area contributed by atoms with Crippen molar-refractivity contribution in [1.82, 2.24) is 4.31 Å². The molecule has 1 N–H and O–H groups in total.